The molecule has 0 saturated carbocycles. The molecule has 0 atom stereocenters. The van der Waals surface area contributed by atoms with Crippen molar-refractivity contribution >= 4 is 56.8 Å². The van der Waals surface area contributed by atoms with Gasteiger partial charge in [-0.15, -0.1) is 0 Å². The molecule has 0 unspecified atom stereocenters. The van der Waals surface area contributed by atoms with Crippen LogP contribution in [0.2, 0.25) is 5.02 Å². The molecule has 0 spiro atoms. The van der Waals surface area contributed by atoms with Crippen molar-refractivity contribution in [1.29, 1.82) is 5.26 Å². The lowest BCUT2D eigenvalue weighted by Gasteiger charge is -2.08. The van der Waals surface area contributed by atoms with Crippen LogP contribution in [-0.2, 0) is 9.59 Å². The summed E-state index contributed by atoms with van der Waals surface area (Å²) in [6, 6.07) is 22.5. The standard InChI is InChI=1S/C24H17BrClN3O3/c25-21-6-1-2-7-22(21)29-24(31)17(14-27)12-16-8-10-20(11-9-16)32-15-23(30)28-19-5-3-4-18(26)13-19/h1-13H,15H2,(H,28,30)(H,29,31)/b17-12+. The quantitative estimate of drug-likeness (QED) is 0.317. The Morgan fingerprint density at radius 2 is 1.78 bits per heavy atom. The molecule has 2 N–H and O–H groups in total. The molecule has 0 fully saturated rings. The van der Waals surface area contributed by atoms with Crippen molar-refractivity contribution in [3.05, 3.63) is 93.4 Å². The highest BCUT2D eigenvalue weighted by Gasteiger charge is 2.11. The van der Waals surface area contributed by atoms with Gasteiger partial charge in [0.25, 0.3) is 11.8 Å². The van der Waals surface area contributed by atoms with Crippen LogP contribution in [0.3, 0.4) is 0 Å². The topological polar surface area (TPSA) is 91.2 Å². The number of hydrogen-bond donors (Lipinski definition) is 2. The van der Waals surface area contributed by atoms with Crippen LogP contribution in [0.5, 0.6) is 5.75 Å². The van der Waals surface area contributed by atoms with Gasteiger partial charge >= 0.3 is 0 Å². The van der Waals surface area contributed by atoms with E-state index in [9.17, 15) is 14.9 Å². The van der Waals surface area contributed by atoms with Crippen molar-refractivity contribution in [3.63, 3.8) is 0 Å². The molecule has 3 rings (SSSR count). The van der Waals surface area contributed by atoms with E-state index in [0.717, 1.165) is 0 Å². The normalized spacial score (nSPS) is 10.7. The Morgan fingerprint density at radius 1 is 1.03 bits per heavy atom. The van der Waals surface area contributed by atoms with Crippen molar-refractivity contribution in [2.75, 3.05) is 17.2 Å². The minimum Gasteiger partial charge on any atom is -0.484 e. The number of para-hydroxylation sites is 1. The number of anilines is 2. The second kappa shape index (κ2) is 11.1. The van der Waals surface area contributed by atoms with Gasteiger partial charge in [0.1, 0.15) is 17.4 Å². The Hall–Kier alpha value is -3.60. The van der Waals surface area contributed by atoms with Gasteiger partial charge in [-0.1, -0.05) is 41.9 Å². The minimum absolute atomic E-state index is 0.0460. The lowest BCUT2D eigenvalue weighted by atomic mass is 10.1. The maximum Gasteiger partial charge on any atom is 0.266 e. The molecule has 0 heterocycles. The summed E-state index contributed by atoms with van der Waals surface area (Å²) in [6.45, 7) is -0.181. The van der Waals surface area contributed by atoms with E-state index >= 15 is 0 Å². The molecule has 0 saturated heterocycles. The summed E-state index contributed by atoms with van der Waals surface area (Å²) in [5.74, 6) is -0.372. The zero-order chi connectivity index (χ0) is 22.9. The van der Waals surface area contributed by atoms with Crippen molar-refractivity contribution in [1.82, 2.24) is 0 Å². The molecular formula is C24H17BrClN3O3. The van der Waals surface area contributed by atoms with Crippen molar-refractivity contribution in [3.8, 4) is 11.8 Å². The first-order chi connectivity index (χ1) is 15.4. The molecule has 0 bridgehead atoms. The third-order valence-corrected chi connectivity index (χ3v) is 5.08. The predicted octanol–water partition coefficient (Wildman–Crippen LogP) is 5.67. The van der Waals surface area contributed by atoms with E-state index in [0.29, 0.717) is 32.2 Å². The van der Waals surface area contributed by atoms with E-state index in [-0.39, 0.29) is 18.1 Å². The lowest BCUT2D eigenvalue weighted by molar-refractivity contribution is -0.118. The van der Waals surface area contributed by atoms with Crippen LogP contribution in [0, 0.1) is 11.3 Å². The highest BCUT2D eigenvalue weighted by molar-refractivity contribution is 9.10. The first-order valence-corrected chi connectivity index (χ1v) is 10.6. The SMILES string of the molecule is N#C/C(=C\c1ccc(OCC(=O)Nc2cccc(Cl)c2)cc1)C(=O)Nc1ccccc1Br. The highest BCUT2D eigenvalue weighted by Crippen LogP contribution is 2.22. The first-order valence-electron chi connectivity index (χ1n) is 9.40. The van der Waals surface area contributed by atoms with Gasteiger partial charge in [-0.05, 0) is 70.0 Å². The predicted molar refractivity (Wildman–Crippen MR) is 128 cm³/mol. The van der Waals surface area contributed by atoms with E-state index in [2.05, 4.69) is 26.6 Å². The number of carbonyl (C=O) groups is 2. The molecule has 3 aromatic rings. The maximum atomic E-state index is 12.4. The summed E-state index contributed by atoms with van der Waals surface area (Å²) in [5.41, 5.74) is 1.74. The minimum atomic E-state index is -0.516. The second-order valence-corrected chi connectivity index (χ2v) is 7.81. The van der Waals surface area contributed by atoms with Gasteiger partial charge < -0.3 is 15.4 Å². The molecule has 2 amide bonds. The van der Waals surface area contributed by atoms with Gasteiger partial charge in [0, 0.05) is 15.2 Å². The average molecular weight is 511 g/mol. The molecule has 32 heavy (non-hydrogen) atoms. The maximum absolute atomic E-state index is 12.4. The average Bonchev–Trinajstić information content (AvgIpc) is 2.78. The van der Waals surface area contributed by atoms with Crippen LogP contribution in [0.1, 0.15) is 5.56 Å². The van der Waals surface area contributed by atoms with Crippen LogP contribution in [0.25, 0.3) is 6.08 Å². The van der Waals surface area contributed by atoms with Crippen LogP contribution < -0.4 is 15.4 Å². The summed E-state index contributed by atoms with van der Waals surface area (Å²) in [4.78, 5) is 24.4. The summed E-state index contributed by atoms with van der Waals surface area (Å²) >= 11 is 9.25. The zero-order valence-electron chi connectivity index (χ0n) is 16.6. The summed E-state index contributed by atoms with van der Waals surface area (Å²) in [5, 5.41) is 15.3. The number of carbonyl (C=O) groups excluding carboxylic acids is 2. The Morgan fingerprint density at radius 3 is 2.47 bits per heavy atom. The Kier molecular flexibility index (Phi) is 8.03. The molecular weight excluding hydrogens is 494 g/mol. The van der Waals surface area contributed by atoms with Crippen molar-refractivity contribution in [2.24, 2.45) is 0 Å². The number of nitriles is 1. The van der Waals surface area contributed by atoms with Gasteiger partial charge in [-0.25, -0.2) is 0 Å². The molecule has 0 aromatic heterocycles. The van der Waals surface area contributed by atoms with E-state index in [1.807, 2.05) is 12.1 Å². The monoisotopic (exact) mass is 509 g/mol. The van der Waals surface area contributed by atoms with E-state index in [4.69, 9.17) is 16.3 Å². The fraction of sp³-hybridized carbons (Fsp3) is 0.0417. The second-order valence-electron chi connectivity index (χ2n) is 6.52. The number of nitrogens with one attached hydrogen (secondary N) is 2. The fourth-order valence-electron chi connectivity index (χ4n) is 2.64. The number of nitrogens with zero attached hydrogens (tertiary/aromatic N) is 1. The Labute approximate surface area is 198 Å². The van der Waals surface area contributed by atoms with Crippen LogP contribution in [0.15, 0.2) is 82.8 Å². The summed E-state index contributed by atoms with van der Waals surface area (Å²) in [7, 11) is 0. The first kappa shape index (κ1) is 23.1. The largest absolute Gasteiger partial charge is 0.484 e. The third kappa shape index (κ3) is 6.71. The third-order valence-electron chi connectivity index (χ3n) is 4.16. The highest BCUT2D eigenvalue weighted by atomic mass is 79.9. The number of rotatable bonds is 7. The summed E-state index contributed by atoms with van der Waals surface area (Å²) in [6.07, 6.45) is 1.47. The van der Waals surface area contributed by atoms with Crippen molar-refractivity contribution < 1.29 is 14.3 Å². The van der Waals surface area contributed by atoms with E-state index in [1.54, 1.807) is 66.7 Å². The van der Waals surface area contributed by atoms with Crippen LogP contribution >= 0.6 is 27.5 Å². The van der Waals surface area contributed by atoms with Crippen LogP contribution in [0.4, 0.5) is 11.4 Å². The van der Waals surface area contributed by atoms with Gasteiger partial charge in [0.05, 0.1) is 5.69 Å². The van der Waals surface area contributed by atoms with Gasteiger partial charge in [0.15, 0.2) is 6.61 Å². The van der Waals surface area contributed by atoms with E-state index in [1.165, 1.54) is 6.08 Å². The molecule has 8 heteroatoms. The Bertz CT molecular complexity index is 1200. The fourth-order valence-corrected chi connectivity index (χ4v) is 3.21. The molecule has 160 valence electrons. The number of amides is 2. The summed E-state index contributed by atoms with van der Waals surface area (Å²) < 4.78 is 6.20. The smallest absolute Gasteiger partial charge is 0.266 e. The van der Waals surface area contributed by atoms with Gasteiger partial charge in [0.2, 0.25) is 0 Å². The van der Waals surface area contributed by atoms with E-state index < -0.39 is 5.91 Å². The number of hydrogen-bond acceptors (Lipinski definition) is 4. The van der Waals surface area contributed by atoms with Crippen molar-refractivity contribution in [2.45, 2.75) is 0 Å². The molecule has 0 aliphatic carbocycles. The molecule has 0 radical (unpaired) electrons. The molecule has 0 aliphatic rings. The number of halogens is 2. The molecule has 3 aromatic carbocycles. The van der Waals surface area contributed by atoms with Gasteiger partial charge in [-0.3, -0.25) is 9.59 Å². The van der Waals surface area contributed by atoms with Crippen LogP contribution in [-0.4, -0.2) is 18.4 Å². The number of ether oxygens (including phenoxy) is 1. The molecule has 0 aliphatic heterocycles. The Balaban J connectivity index is 1.58. The lowest BCUT2D eigenvalue weighted by Crippen LogP contribution is -2.20. The van der Waals surface area contributed by atoms with Gasteiger partial charge in [-0.2, -0.15) is 5.26 Å². The molecule has 6 nitrogen and oxygen atoms in total. The zero-order valence-corrected chi connectivity index (χ0v) is 19.0. The number of benzene rings is 3.